The average Bonchev–Trinajstić information content (AvgIpc) is 3.08. The maximum Gasteiger partial charge on any atom is 0.315 e. The zero-order valence-corrected chi connectivity index (χ0v) is 14.5. The van der Waals surface area contributed by atoms with Crippen LogP contribution in [0, 0.1) is 0 Å². The third-order valence-corrected chi connectivity index (χ3v) is 4.51. The van der Waals surface area contributed by atoms with Gasteiger partial charge in [-0.2, -0.15) is 0 Å². The van der Waals surface area contributed by atoms with Crippen molar-refractivity contribution < 1.29 is 19.8 Å². The monoisotopic (exact) mass is 349 g/mol. The van der Waals surface area contributed by atoms with Crippen molar-refractivity contribution in [2.75, 3.05) is 13.2 Å². The Hall–Kier alpha value is -2.12. The summed E-state index contributed by atoms with van der Waals surface area (Å²) in [5.41, 5.74) is -1.38. The second kappa shape index (κ2) is 8.31. The molecule has 0 heterocycles. The summed E-state index contributed by atoms with van der Waals surface area (Å²) in [7, 11) is 0. The third-order valence-electron chi connectivity index (χ3n) is 4.51. The zero-order chi connectivity index (χ0) is 18.3. The van der Waals surface area contributed by atoms with Crippen LogP contribution in [0.1, 0.15) is 38.2 Å². The normalized spacial score (nSPS) is 18.2. The van der Waals surface area contributed by atoms with Gasteiger partial charge in [-0.15, -0.1) is 0 Å². The predicted octanol–water partition coefficient (Wildman–Crippen LogP) is 0.658. The van der Waals surface area contributed by atoms with Crippen molar-refractivity contribution in [3.05, 3.63) is 35.9 Å². The summed E-state index contributed by atoms with van der Waals surface area (Å²) >= 11 is 0. The van der Waals surface area contributed by atoms with Crippen molar-refractivity contribution in [2.24, 2.45) is 0 Å². The summed E-state index contributed by atoms with van der Waals surface area (Å²) in [6.45, 7) is 1.29. The average molecular weight is 349 g/mol. The van der Waals surface area contributed by atoms with Crippen LogP contribution in [0.15, 0.2) is 30.3 Å². The van der Waals surface area contributed by atoms with E-state index in [0.29, 0.717) is 19.4 Å². The first-order chi connectivity index (χ1) is 11.9. The summed E-state index contributed by atoms with van der Waals surface area (Å²) in [4.78, 5) is 24.8. The van der Waals surface area contributed by atoms with Crippen LogP contribution in [0.2, 0.25) is 0 Å². The maximum absolute atomic E-state index is 12.6. The van der Waals surface area contributed by atoms with Crippen molar-refractivity contribution >= 4 is 11.9 Å². The van der Waals surface area contributed by atoms with Gasteiger partial charge < -0.3 is 26.2 Å². The highest BCUT2D eigenvalue weighted by Crippen LogP contribution is 2.30. The number of benzene rings is 1. The fraction of sp³-hybridized carbons (Fsp3) is 0.556. The molecule has 5 N–H and O–H groups in total. The quantitative estimate of drug-likeness (QED) is 0.498. The van der Waals surface area contributed by atoms with Crippen molar-refractivity contribution in [1.29, 1.82) is 0 Å². The van der Waals surface area contributed by atoms with Crippen LogP contribution in [0.25, 0.3) is 0 Å². The highest BCUT2D eigenvalue weighted by molar-refractivity contribution is 5.91. The summed E-state index contributed by atoms with van der Waals surface area (Å²) in [5, 5.41) is 27.1. The number of aliphatic hydroxyl groups is 2. The number of rotatable bonds is 7. The van der Waals surface area contributed by atoms with E-state index in [0.717, 1.165) is 18.4 Å². The van der Waals surface area contributed by atoms with Crippen LogP contribution in [0.3, 0.4) is 0 Å². The van der Waals surface area contributed by atoms with Gasteiger partial charge in [0.05, 0.1) is 6.61 Å². The van der Waals surface area contributed by atoms with E-state index < -0.39 is 23.8 Å². The lowest BCUT2D eigenvalue weighted by Crippen LogP contribution is -2.60. The molecule has 1 aromatic carbocycles. The fourth-order valence-corrected chi connectivity index (χ4v) is 2.92. The Balaban J connectivity index is 1.92. The Labute approximate surface area is 147 Å². The molecule has 0 aromatic heterocycles. The van der Waals surface area contributed by atoms with Gasteiger partial charge in [0, 0.05) is 13.1 Å². The molecule has 3 amide bonds. The molecule has 1 aliphatic rings. The second-order valence-corrected chi connectivity index (χ2v) is 6.92. The molecule has 1 atom stereocenters. The first-order valence-corrected chi connectivity index (χ1v) is 8.58. The predicted molar refractivity (Wildman–Crippen MR) is 93.7 cm³/mol. The van der Waals surface area contributed by atoms with E-state index in [-0.39, 0.29) is 12.5 Å². The molecule has 1 fully saturated rings. The van der Waals surface area contributed by atoms with Gasteiger partial charge in [0.15, 0.2) is 0 Å². The first kappa shape index (κ1) is 19.2. The lowest BCUT2D eigenvalue weighted by Gasteiger charge is -2.31. The van der Waals surface area contributed by atoms with Gasteiger partial charge in [-0.1, -0.05) is 43.2 Å². The van der Waals surface area contributed by atoms with Crippen molar-refractivity contribution in [3.63, 3.8) is 0 Å². The van der Waals surface area contributed by atoms with Gasteiger partial charge in [0.25, 0.3) is 0 Å². The van der Waals surface area contributed by atoms with Gasteiger partial charge in [0.1, 0.15) is 11.1 Å². The number of urea groups is 1. The molecule has 0 saturated heterocycles. The Morgan fingerprint density at radius 3 is 2.40 bits per heavy atom. The first-order valence-electron chi connectivity index (χ1n) is 8.58. The van der Waals surface area contributed by atoms with Crippen LogP contribution < -0.4 is 16.0 Å². The third kappa shape index (κ3) is 5.44. The molecule has 1 saturated carbocycles. The highest BCUT2D eigenvalue weighted by atomic mass is 16.3. The number of carbonyl (C=O) groups is 2. The maximum atomic E-state index is 12.6. The zero-order valence-electron chi connectivity index (χ0n) is 14.5. The summed E-state index contributed by atoms with van der Waals surface area (Å²) < 4.78 is 0. The minimum absolute atomic E-state index is 0.0720. The van der Waals surface area contributed by atoms with E-state index >= 15 is 0 Å². The number of aliphatic hydroxyl groups excluding tert-OH is 1. The lowest BCUT2D eigenvalue weighted by atomic mass is 9.96. The molecular weight excluding hydrogens is 322 g/mol. The molecule has 0 spiro atoms. The molecule has 138 valence electrons. The molecule has 25 heavy (non-hydrogen) atoms. The van der Waals surface area contributed by atoms with E-state index in [1.165, 1.54) is 6.92 Å². The Bertz CT molecular complexity index is 583. The van der Waals surface area contributed by atoms with E-state index in [1.54, 1.807) is 0 Å². The SMILES string of the molecule is C[C@](O)(CO)CNC(=O)C1(NC(=O)NCc2ccccc2)CCCC1. The number of nitrogens with one attached hydrogen (secondary N) is 3. The van der Waals surface area contributed by atoms with E-state index in [9.17, 15) is 14.7 Å². The van der Waals surface area contributed by atoms with Crippen LogP contribution in [0.4, 0.5) is 4.79 Å². The summed E-state index contributed by atoms with van der Waals surface area (Å²) in [6, 6.07) is 9.13. The van der Waals surface area contributed by atoms with Gasteiger partial charge in [-0.05, 0) is 25.3 Å². The molecule has 0 bridgehead atoms. The molecule has 0 unspecified atom stereocenters. The standard InChI is InChI=1S/C18H27N3O4/c1-17(25,13-22)12-20-15(23)18(9-5-6-10-18)21-16(24)19-11-14-7-3-2-4-8-14/h2-4,7-8,22,25H,5-6,9-13H2,1H3,(H,20,23)(H2,19,21,24)/t17-/m1/s1. The largest absolute Gasteiger partial charge is 0.393 e. The summed E-state index contributed by atoms with van der Waals surface area (Å²) in [6.07, 6.45) is 2.81. The Kier molecular flexibility index (Phi) is 6.39. The highest BCUT2D eigenvalue weighted by Gasteiger charge is 2.42. The van der Waals surface area contributed by atoms with Crippen molar-refractivity contribution in [2.45, 2.75) is 50.3 Å². The van der Waals surface area contributed by atoms with E-state index in [1.807, 2.05) is 30.3 Å². The van der Waals surface area contributed by atoms with Gasteiger partial charge in [-0.25, -0.2) is 4.79 Å². The van der Waals surface area contributed by atoms with Crippen molar-refractivity contribution in [1.82, 2.24) is 16.0 Å². The number of amides is 3. The molecule has 1 aliphatic carbocycles. The number of carbonyl (C=O) groups excluding carboxylic acids is 2. The van der Waals surface area contributed by atoms with E-state index in [2.05, 4.69) is 16.0 Å². The van der Waals surface area contributed by atoms with Crippen LogP contribution in [0.5, 0.6) is 0 Å². The van der Waals surface area contributed by atoms with Gasteiger partial charge in [-0.3, -0.25) is 4.79 Å². The second-order valence-electron chi connectivity index (χ2n) is 6.92. The molecule has 0 radical (unpaired) electrons. The minimum Gasteiger partial charge on any atom is -0.393 e. The lowest BCUT2D eigenvalue weighted by molar-refractivity contribution is -0.128. The number of hydrogen-bond donors (Lipinski definition) is 5. The number of hydrogen-bond acceptors (Lipinski definition) is 4. The Morgan fingerprint density at radius 2 is 1.80 bits per heavy atom. The molecule has 0 aliphatic heterocycles. The molecular formula is C18H27N3O4. The summed E-state index contributed by atoms with van der Waals surface area (Å²) in [5.74, 6) is -0.325. The van der Waals surface area contributed by atoms with Gasteiger partial charge >= 0.3 is 6.03 Å². The minimum atomic E-state index is -1.38. The van der Waals surface area contributed by atoms with Crippen molar-refractivity contribution in [3.8, 4) is 0 Å². The smallest absolute Gasteiger partial charge is 0.315 e. The molecule has 2 rings (SSSR count). The molecule has 7 nitrogen and oxygen atoms in total. The fourth-order valence-electron chi connectivity index (χ4n) is 2.92. The van der Waals surface area contributed by atoms with Crippen LogP contribution in [-0.2, 0) is 11.3 Å². The molecule has 7 heteroatoms. The van der Waals surface area contributed by atoms with E-state index in [4.69, 9.17) is 5.11 Å². The molecule has 1 aromatic rings. The van der Waals surface area contributed by atoms with Crippen LogP contribution >= 0.6 is 0 Å². The van der Waals surface area contributed by atoms with Crippen LogP contribution in [-0.4, -0.2) is 46.4 Å². The van der Waals surface area contributed by atoms with Gasteiger partial charge in [0.2, 0.25) is 5.91 Å². The topological polar surface area (TPSA) is 111 Å². The Morgan fingerprint density at radius 1 is 1.16 bits per heavy atom.